The average Bonchev–Trinajstić information content (AvgIpc) is 2.61. The molecule has 0 bridgehead atoms. The summed E-state index contributed by atoms with van der Waals surface area (Å²) in [6.07, 6.45) is 0. The van der Waals surface area contributed by atoms with Crippen LogP contribution in [0.3, 0.4) is 0 Å². The van der Waals surface area contributed by atoms with Gasteiger partial charge in [0, 0.05) is 17.2 Å². The summed E-state index contributed by atoms with van der Waals surface area (Å²) in [5.41, 5.74) is 0.130. The third kappa shape index (κ3) is 2.69. The second kappa shape index (κ2) is 4.61. The van der Waals surface area contributed by atoms with Crippen molar-refractivity contribution in [3.05, 3.63) is 23.0 Å². The fraction of sp³-hybridized carbons (Fsp3) is 0.300. The zero-order valence-electron chi connectivity index (χ0n) is 9.20. The Balaban J connectivity index is 2.81. The first kappa shape index (κ1) is 12.0. The van der Waals surface area contributed by atoms with Crippen LogP contribution in [0.1, 0.15) is 19.6 Å². The number of hydrogen-bond acceptors (Lipinski definition) is 4. The summed E-state index contributed by atoms with van der Waals surface area (Å²) in [6, 6.07) is 1.54. The SMILES string of the molecule is CC(C(=O)O)=C(C)C(=O)Nc1cc(C)on1. The maximum Gasteiger partial charge on any atom is 0.331 e. The van der Waals surface area contributed by atoms with Crippen molar-refractivity contribution in [1.82, 2.24) is 5.16 Å². The predicted molar refractivity (Wildman–Crippen MR) is 55.9 cm³/mol. The molecule has 0 aliphatic rings. The summed E-state index contributed by atoms with van der Waals surface area (Å²) < 4.78 is 4.76. The molecule has 1 rings (SSSR count). The summed E-state index contributed by atoms with van der Waals surface area (Å²) in [6.45, 7) is 4.49. The first-order valence-corrected chi connectivity index (χ1v) is 4.57. The monoisotopic (exact) mass is 224 g/mol. The van der Waals surface area contributed by atoms with Gasteiger partial charge in [0.2, 0.25) is 0 Å². The summed E-state index contributed by atoms with van der Waals surface area (Å²) in [4.78, 5) is 22.2. The summed E-state index contributed by atoms with van der Waals surface area (Å²) >= 11 is 0. The van der Waals surface area contributed by atoms with Crippen LogP contribution in [0.4, 0.5) is 5.82 Å². The Bertz CT molecular complexity index is 459. The molecule has 0 aromatic carbocycles. The lowest BCUT2D eigenvalue weighted by Crippen LogP contribution is -2.16. The molecule has 1 aromatic heterocycles. The minimum Gasteiger partial charge on any atom is -0.478 e. The van der Waals surface area contributed by atoms with Gasteiger partial charge >= 0.3 is 5.97 Å². The summed E-state index contributed by atoms with van der Waals surface area (Å²) in [5.74, 6) is -0.802. The number of nitrogens with one attached hydrogen (secondary N) is 1. The Morgan fingerprint density at radius 3 is 2.44 bits per heavy atom. The second-order valence-corrected chi connectivity index (χ2v) is 3.33. The zero-order valence-corrected chi connectivity index (χ0v) is 9.20. The molecule has 6 nitrogen and oxygen atoms in total. The first-order chi connectivity index (χ1) is 7.41. The standard InChI is InChI=1S/C10H12N2O4/c1-5-4-8(12-16-5)11-9(13)6(2)7(3)10(14)15/h4H,1-3H3,(H,14,15)(H,11,12,13). The molecule has 0 atom stereocenters. The van der Waals surface area contributed by atoms with E-state index in [1.807, 2.05) is 0 Å². The van der Waals surface area contributed by atoms with E-state index in [1.165, 1.54) is 13.8 Å². The fourth-order valence-corrected chi connectivity index (χ4v) is 0.966. The van der Waals surface area contributed by atoms with Gasteiger partial charge in [0.15, 0.2) is 5.82 Å². The third-order valence-corrected chi connectivity index (χ3v) is 2.09. The van der Waals surface area contributed by atoms with Crippen molar-refractivity contribution in [3.8, 4) is 0 Å². The molecule has 0 fully saturated rings. The first-order valence-electron chi connectivity index (χ1n) is 4.57. The van der Waals surface area contributed by atoms with Crippen LogP contribution in [0.5, 0.6) is 0 Å². The highest BCUT2D eigenvalue weighted by atomic mass is 16.5. The number of carbonyl (C=O) groups is 2. The molecule has 0 saturated carbocycles. The van der Waals surface area contributed by atoms with E-state index < -0.39 is 11.9 Å². The fourth-order valence-electron chi connectivity index (χ4n) is 0.966. The minimum absolute atomic E-state index is 0.00211. The van der Waals surface area contributed by atoms with E-state index in [1.54, 1.807) is 13.0 Å². The molecule has 86 valence electrons. The molecule has 1 heterocycles. The molecule has 0 aliphatic carbocycles. The van der Waals surface area contributed by atoms with Gasteiger partial charge in [-0.05, 0) is 20.8 Å². The van der Waals surface area contributed by atoms with Crippen LogP contribution in [0, 0.1) is 6.92 Å². The van der Waals surface area contributed by atoms with Crippen LogP contribution in [0.2, 0.25) is 0 Å². The molecule has 16 heavy (non-hydrogen) atoms. The Morgan fingerprint density at radius 1 is 1.38 bits per heavy atom. The van der Waals surface area contributed by atoms with E-state index in [0.717, 1.165) is 0 Å². The molecule has 0 unspecified atom stereocenters. The number of carboxylic acids is 1. The van der Waals surface area contributed by atoms with Crippen molar-refractivity contribution in [3.63, 3.8) is 0 Å². The highest BCUT2D eigenvalue weighted by Crippen LogP contribution is 2.10. The number of carbonyl (C=O) groups excluding carboxylic acids is 1. The van der Waals surface area contributed by atoms with Crippen LogP contribution in [0.25, 0.3) is 0 Å². The second-order valence-electron chi connectivity index (χ2n) is 3.33. The normalized spacial score (nSPS) is 11.9. The van der Waals surface area contributed by atoms with E-state index in [2.05, 4.69) is 10.5 Å². The van der Waals surface area contributed by atoms with Crippen LogP contribution in [-0.2, 0) is 9.59 Å². The van der Waals surface area contributed by atoms with Crippen LogP contribution >= 0.6 is 0 Å². The summed E-state index contributed by atoms with van der Waals surface area (Å²) in [5, 5.41) is 14.7. The molecule has 1 aromatic rings. The molecule has 0 spiro atoms. The average molecular weight is 224 g/mol. The van der Waals surface area contributed by atoms with Gasteiger partial charge in [-0.1, -0.05) is 5.16 Å². The molecule has 2 N–H and O–H groups in total. The lowest BCUT2D eigenvalue weighted by atomic mass is 10.1. The third-order valence-electron chi connectivity index (χ3n) is 2.09. The Morgan fingerprint density at radius 2 is 2.00 bits per heavy atom. The van der Waals surface area contributed by atoms with E-state index >= 15 is 0 Å². The van der Waals surface area contributed by atoms with E-state index in [4.69, 9.17) is 9.63 Å². The number of anilines is 1. The molecular formula is C10H12N2O4. The van der Waals surface area contributed by atoms with Gasteiger partial charge in [-0.2, -0.15) is 0 Å². The number of aryl methyl sites for hydroxylation is 1. The molecule has 0 saturated heterocycles. The van der Waals surface area contributed by atoms with Gasteiger partial charge in [0.05, 0.1) is 0 Å². The lowest BCUT2D eigenvalue weighted by molar-refractivity contribution is -0.133. The lowest BCUT2D eigenvalue weighted by Gasteiger charge is -2.03. The maximum absolute atomic E-state index is 11.6. The summed E-state index contributed by atoms with van der Waals surface area (Å²) in [7, 11) is 0. The number of amides is 1. The highest BCUT2D eigenvalue weighted by Gasteiger charge is 2.13. The highest BCUT2D eigenvalue weighted by molar-refractivity contribution is 6.07. The van der Waals surface area contributed by atoms with Gasteiger partial charge < -0.3 is 14.9 Å². The van der Waals surface area contributed by atoms with Crippen LogP contribution in [-0.4, -0.2) is 22.1 Å². The number of aromatic nitrogens is 1. The molecule has 6 heteroatoms. The van der Waals surface area contributed by atoms with Crippen molar-refractivity contribution in [2.45, 2.75) is 20.8 Å². The number of hydrogen-bond donors (Lipinski definition) is 2. The largest absolute Gasteiger partial charge is 0.478 e. The van der Waals surface area contributed by atoms with Gasteiger partial charge in [-0.25, -0.2) is 4.79 Å². The quantitative estimate of drug-likeness (QED) is 0.756. The van der Waals surface area contributed by atoms with Crippen LogP contribution in [0.15, 0.2) is 21.7 Å². The number of aliphatic carboxylic acids is 1. The van der Waals surface area contributed by atoms with Crippen LogP contribution < -0.4 is 5.32 Å². The van der Waals surface area contributed by atoms with E-state index in [-0.39, 0.29) is 17.0 Å². The van der Waals surface area contributed by atoms with Gasteiger partial charge in [0.1, 0.15) is 5.76 Å². The molecule has 0 aliphatic heterocycles. The smallest absolute Gasteiger partial charge is 0.331 e. The zero-order chi connectivity index (χ0) is 12.3. The van der Waals surface area contributed by atoms with E-state index in [0.29, 0.717) is 5.76 Å². The van der Waals surface area contributed by atoms with Crippen molar-refractivity contribution in [2.75, 3.05) is 5.32 Å². The van der Waals surface area contributed by atoms with Crippen molar-refractivity contribution in [1.29, 1.82) is 0 Å². The predicted octanol–water partition coefficient (Wildman–Crippen LogP) is 1.34. The molecule has 0 radical (unpaired) electrons. The Labute approximate surface area is 91.9 Å². The maximum atomic E-state index is 11.6. The van der Waals surface area contributed by atoms with Crippen molar-refractivity contribution in [2.24, 2.45) is 0 Å². The van der Waals surface area contributed by atoms with Gasteiger partial charge in [-0.3, -0.25) is 4.79 Å². The number of rotatable bonds is 3. The number of nitrogens with zero attached hydrogens (tertiary/aromatic N) is 1. The van der Waals surface area contributed by atoms with E-state index in [9.17, 15) is 9.59 Å². The number of carboxylic acid groups (broad SMARTS) is 1. The van der Waals surface area contributed by atoms with Crippen molar-refractivity contribution < 1.29 is 19.2 Å². The van der Waals surface area contributed by atoms with Gasteiger partial charge in [0.25, 0.3) is 5.91 Å². The Kier molecular flexibility index (Phi) is 3.44. The molecular weight excluding hydrogens is 212 g/mol. The molecule has 1 amide bonds. The topological polar surface area (TPSA) is 92.4 Å². The minimum atomic E-state index is -1.12. The Hall–Kier alpha value is -2.11. The van der Waals surface area contributed by atoms with Gasteiger partial charge in [-0.15, -0.1) is 0 Å². The van der Waals surface area contributed by atoms with Crippen molar-refractivity contribution >= 4 is 17.7 Å².